The second-order valence-corrected chi connectivity index (χ2v) is 2.48. The Bertz CT molecular complexity index is 292. The zero-order valence-corrected chi connectivity index (χ0v) is 6.77. The minimum absolute atomic E-state index is 0.840. The first-order valence-electron chi connectivity index (χ1n) is 3.74. The van der Waals surface area contributed by atoms with E-state index in [2.05, 4.69) is 11.7 Å². The zero-order chi connectivity index (χ0) is 8.81. The maximum Gasteiger partial charge on any atom is 0.0733 e. The lowest BCUT2D eigenvalue weighted by atomic mass is 10.1. The second-order valence-electron chi connectivity index (χ2n) is 2.48. The van der Waals surface area contributed by atoms with Gasteiger partial charge >= 0.3 is 0 Å². The molecule has 0 bridgehead atoms. The number of allylic oxidation sites excluding steroid dienone is 1. The van der Waals surface area contributed by atoms with Crippen molar-refractivity contribution in [3.8, 4) is 0 Å². The van der Waals surface area contributed by atoms with Crippen LogP contribution in [-0.4, -0.2) is 11.4 Å². The maximum atomic E-state index is 8.29. The molecular formula is C10H11NO. The molecule has 0 atom stereocenters. The largest absolute Gasteiger partial charge is 0.411 e. The lowest BCUT2D eigenvalue weighted by Gasteiger charge is -1.96. The van der Waals surface area contributed by atoms with Gasteiger partial charge in [0.05, 0.1) is 6.21 Å². The van der Waals surface area contributed by atoms with Crippen molar-refractivity contribution in [3.63, 3.8) is 0 Å². The maximum absolute atomic E-state index is 8.29. The molecule has 1 aromatic rings. The molecule has 0 saturated heterocycles. The van der Waals surface area contributed by atoms with Gasteiger partial charge in [-0.2, -0.15) is 0 Å². The van der Waals surface area contributed by atoms with Gasteiger partial charge in [-0.3, -0.25) is 0 Å². The highest BCUT2D eigenvalue weighted by atomic mass is 16.4. The summed E-state index contributed by atoms with van der Waals surface area (Å²) in [6, 6.07) is 7.78. The molecule has 2 heteroatoms. The van der Waals surface area contributed by atoms with Crippen molar-refractivity contribution in [2.75, 3.05) is 0 Å². The number of oxime groups is 1. The summed E-state index contributed by atoms with van der Waals surface area (Å²) < 4.78 is 0. The molecule has 0 heterocycles. The molecule has 0 radical (unpaired) electrons. The van der Waals surface area contributed by atoms with Gasteiger partial charge in [-0.25, -0.2) is 0 Å². The van der Waals surface area contributed by atoms with E-state index in [-0.39, 0.29) is 0 Å². The fourth-order valence-corrected chi connectivity index (χ4v) is 1.03. The summed E-state index contributed by atoms with van der Waals surface area (Å²) in [5, 5.41) is 11.2. The molecule has 1 N–H and O–H groups in total. The summed E-state index contributed by atoms with van der Waals surface area (Å²) in [5.74, 6) is 0. The van der Waals surface area contributed by atoms with Gasteiger partial charge in [0, 0.05) is 0 Å². The quantitative estimate of drug-likeness (QED) is 0.313. The summed E-state index contributed by atoms with van der Waals surface area (Å²) in [4.78, 5) is 0. The molecule has 0 saturated carbocycles. The van der Waals surface area contributed by atoms with Crippen molar-refractivity contribution in [3.05, 3.63) is 48.0 Å². The predicted octanol–water partition coefficient (Wildman–Crippen LogP) is 2.22. The SMILES string of the molecule is C=CCc1cccc(C=NO)c1. The molecule has 1 aromatic carbocycles. The molecule has 2 nitrogen and oxygen atoms in total. The van der Waals surface area contributed by atoms with E-state index in [9.17, 15) is 0 Å². The van der Waals surface area contributed by atoms with Crippen LogP contribution in [0.5, 0.6) is 0 Å². The van der Waals surface area contributed by atoms with E-state index in [1.165, 1.54) is 11.8 Å². The van der Waals surface area contributed by atoms with Crippen molar-refractivity contribution in [1.29, 1.82) is 0 Å². The standard InChI is InChI=1S/C10H11NO/c1-2-4-9-5-3-6-10(7-9)8-11-12/h2-3,5-8,12H,1,4H2. The molecule has 0 aliphatic carbocycles. The number of hydrogen-bond donors (Lipinski definition) is 1. The van der Waals surface area contributed by atoms with Crippen LogP contribution in [-0.2, 0) is 6.42 Å². The van der Waals surface area contributed by atoms with Crippen LogP contribution in [0, 0.1) is 0 Å². The fourth-order valence-electron chi connectivity index (χ4n) is 1.03. The summed E-state index contributed by atoms with van der Waals surface area (Å²) in [7, 11) is 0. The van der Waals surface area contributed by atoms with E-state index in [1.54, 1.807) is 0 Å². The minimum atomic E-state index is 0.840. The Morgan fingerprint density at radius 1 is 1.50 bits per heavy atom. The Hall–Kier alpha value is -1.57. The smallest absolute Gasteiger partial charge is 0.0733 e. The summed E-state index contributed by atoms with van der Waals surface area (Å²) >= 11 is 0. The van der Waals surface area contributed by atoms with Gasteiger partial charge in [0.15, 0.2) is 0 Å². The van der Waals surface area contributed by atoms with Crippen molar-refractivity contribution >= 4 is 6.21 Å². The Balaban J connectivity index is 2.87. The van der Waals surface area contributed by atoms with Gasteiger partial charge in [0.2, 0.25) is 0 Å². The molecule has 0 unspecified atom stereocenters. The highest BCUT2D eigenvalue weighted by Gasteiger charge is 1.90. The van der Waals surface area contributed by atoms with E-state index in [0.717, 1.165) is 12.0 Å². The molecule has 0 spiro atoms. The molecule has 0 aromatic heterocycles. The van der Waals surface area contributed by atoms with E-state index in [4.69, 9.17) is 5.21 Å². The van der Waals surface area contributed by atoms with Crippen LogP contribution >= 0.6 is 0 Å². The molecule has 12 heavy (non-hydrogen) atoms. The van der Waals surface area contributed by atoms with Crippen molar-refractivity contribution < 1.29 is 5.21 Å². The predicted molar refractivity (Wildman–Crippen MR) is 49.7 cm³/mol. The normalized spacial score (nSPS) is 10.3. The topological polar surface area (TPSA) is 32.6 Å². The number of benzene rings is 1. The van der Waals surface area contributed by atoms with E-state index < -0.39 is 0 Å². The van der Waals surface area contributed by atoms with Gasteiger partial charge in [0.25, 0.3) is 0 Å². The van der Waals surface area contributed by atoms with E-state index in [1.807, 2.05) is 30.3 Å². The van der Waals surface area contributed by atoms with E-state index in [0.29, 0.717) is 0 Å². The summed E-state index contributed by atoms with van der Waals surface area (Å²) in [6.07, 6.45) is 4.09. The molecular weight excluding hydrogens is 150 g/mol. The highest BCUT2D eigenvalue weighted by Crippen LogP contribution is 2.04. The zero-order valence-electron chi connectivity index (χ0n) is 6.77. The van der Waals surface area contributed by atoms with Gasteiger partial charge in [-0.1, -0.05) is 29.4 Å². The van der Waals surface area contributed by atoms with Crippen LogP contribution in [0.15, 0.2) is 42.1 Å². The summed E-state index contributed by atoms with van der Waals surface area (Å²) in [5.41, 5.74) is 2.07. The van der Waals surface area contributed by atoms with Gasteiger partial charge in [0.1, 0.15) is 0 Å². The average Bonchev–Trinajstić information content (AvgIpc) is 2.06. The highest BCUT2D eigenvalue weighted by molar-refractivity contribution is 5.79. The van der Waals surface area contributed by atoms with Crippen molar-refractivity contribution in [2.45, 2.75) is 6.42 Å². The molecule has 62 valence electrons. The fraction of sp³-hybridized carbons (Fsp3) is 0.100. The lowest BCUT2D eigenvalue weighted by molar-refractivity contribution is 0.322. The van der Waals surface area contributed by atoms with Gasteiger partial charge in [-0.15, -0.1) is 6.58 Å². The average molecular weight is 161 g/mol. The van der Waals surface area contributed by atoms with Gasteiger partial charge in [-0.05, 0) is 23.6 Å². The van der Waals surface area contributed by atoms with Crippen molar-refractivity contribution in [2.24, 2.45) is 5.16 Å². The van der Waals surface area contributed by atoms with Crippen LogP contribution in [0.25, 0.3) is 0 Å². The van der Waals surface area contributed by atoms with Crippen molar-refractivity contribution in [1.82, 2.24) is 0 Å². The number of hydrogen-bond acceptors (Lipinski definition) is 2. The monoisotopic (exact) mass is 161 g/mol. The van der Waals surface area contributed by atoms with Crippen LogP contribution < -0.4 is 0 Å². The molecule has 0 amide bonds. The Morgan fingerprint density at radius 2 is 2.33 bits per heavy atom. The molecule has 0 aliphatic rings. The van der Waals surface area contributed by atoms with E-state index >= 15 is 0 Å². The van der Waals surface area contributed by atoms with Gasteiger partial charge < -0.3 is 5.21 Å². The first-order valence-corrected chi connectivity index (χ1v) is 3.74. The first-order chi connectivity index (χ1) is 5.86. The Labute approximate surface area is 71.8 Å². The molecule has 0 fully saturated rings. The third kappa shape index (κ3) is 2.23. The summed E-state index contributed by atoms with van der Waals surface area (Å²) in [6.45, 7) is 3.65. The van der Waals surface area contributed by atoms with Crippen LogP contribution in [0.4, 0.5) is 0 Å². The third-order valence-electron chi connectivity index (χ3n) is 1.54. The third-order valence-corrected chi connectivity index (χ3v) is 1.54. The lowest BCUT2D eigenvalue weighted by Crippen LogP contribution is -1.85. The Kier molecular flexibility index (Phi) is 3.08. The Morgan fingerprint density at radius 3 is 3.00 bits per heavy atom. The van der Waals surface area contributed by atoms with Crippen LogP contribution in [0.2, 0.25) is 0 Å². The van der Waals surface area contributed by atoms with Crippen LogP contribution in [0.3, 0.4) is 0 Å². The second kappa shape index (κ2) is 4.34. The number of nitrogens with zero attached hydrogens (tertiary/aromatic N) is 1. The minimum Gasteiger partial charge on any atom is -0.411 e. The van der Waals surface area contributed by atoms with Crippen LogP contribution in [0.1, 0.15) is 11.1 Å². The number of rotatable bonds is 3. The first kappa shape index (κ1) is 8.53. The molecule has 1 rings (SSSR count). The molecule has 0 aliphatic heterocycles.